The van der Waals surface area contributed by atoms with Gasteiger partial charge in [-0.25, -0.2) is 4.79 Å². The van der Waals surface area contributed by atoms with E-state index in [1.807, 2.05) is 0 Å². The van der Waals surface area contributed by atoms with Crippen LogP contribution in [0.1, 0.15) is 19.3 Å². The van der Waals surface area contributed by atoms with Crippen LogP contribution in [0.5, 0.6) is 0 Å². The van der Waals surface area contributed by atoms with Crippen LogP contribution in [0, 0.1) is 0 Å². The Morgan fingerprint density at radius 1 is 1.11 bits per heavy atom. The Morgan fingerprint density at radius 3 is 2.26 bits per heavy atom. The second-order valence-corrected chi connectivity index (χ2v) is 3.81. The van der Waals surface area contributed by atoms with Crippen LogP contribution in [0.25, 0.3) is 0 Å². The van der Waals surface area contributed by atoms with E-state index >= 15 is 0 Å². The molecule has 19 heavy (non-hydrogen) atoms. The Balaban J connectivity index is 3.96. The van der Waals surface area contributed by atoms with Gasteiger partial charge in [0.1, 0.15) is 19.3 Å². The zero-order valence-electron chi connectivity index (χ0n) is 10.8. The minimum Gasteiger partial charge on any atom is -0.467 e. The predicted octanol–water partition coefficient (Wildman–Crippen LogP) is -2.08. The summed E-state index contributed by atoms with van der Waals surface area (Å²) < 4.78 is 4.53. The van der Waals surface area contributed by atoms with E-state index in [9.17, 15) is 14.4 Å². The minimum absolute atomic E-state index is 0.341. The van der Waals surface area contributed by atoms with Crippen LogP contribution >= 0.6 is 0 Å². The Kier molecular flexibility index (Phi) is 9.37. The molecule has 0 aliphatic carbocycles. The molecule has 0 aromatic heterocycles. The topological polar surface area (TPSA) is 125 Å². The first-order chi connectivity index (χ1) is 9.04. The average molecular weight is 276 g/mol. The van der Waals surface area contributed by atoms with Gasteiger partial charge in [0.2, 0.25) is 11.8 Å². The highest BCUT2D eigenvalue weighted by Gasteiger charge is 2.20. The minimum atomic E-state index is -0.807. The fourth-order valence-corrected chi connectivity index (χ4v) is 1.39. The first-order valence-electron chi connectivity index (χ1n) is 5.90. The van der Waals surface area contributed by atoms with E-state index in [0.29, 0.717) is 25.8 Å². The quantitative estimate of drug-likeness (QED) is 0.283. The zero-order chi connectivity index (χ0) is 14.7. The lowest BCUT2D eigenvalue weighted by molar-refractivity contribution is -0.145. The number of hydrogen-bond donors (Lipinski definition) is 4. The number of unbranched alkanes of at least 4 members (excludes halogenated alkanes) is 1. The van der Waals surface area contributed by atoms with Gasteiger partial charge in [0, 0.05) is 6.54 Å². The molecule has 0 bridgehead atoms. The van der Waals surface area contributed by atoms with Gasteiger partial charge < -0.3 is 25.6 Å². The number of esters is 1. The number of nitrogens with one attached hydrogen (secondary N) is 2. The Hall–Kier alpha value is -1.67. The van der Waals surface area contributed by atoms with Crippen molar-refractivity contribution in [3.63, 3.8) is 0 Å². The summed E-state index contributed by atoms with van der Waals surface area (Å²) in [5.41, 5.74) is 0. The van der Waals surface area contributed by atoms with Crippen LogP contribution < -0.4 is 10.6 Å². The number of rotatable bonds is 9. The molecule has 0 saturated heterocycles. The third-order valence-electron chi connectivity index (χ3n) is 2.35. The summed E-state index contributed by atoms with van der Waals surface area (Å²) in [6.45, 7) is -0.876. The summed E-state index contributed by atoms with van der Waals surface area (Å²) in [6.07, 6.45) is 1.50. The average Bonchev–Trinajstić information content (AvgIpc) is 2.43. The molecule has 8 heteroatoms. The van der Waals surface area contributed by atoms with Crippen molar-refractivity contribution in [1.29, 1.82) is 0 Å². The number of aliphatic hydroxyl groups is 2. The number of aliphatic hydroxyl groups excluding tert-OH is 2. The number of amides is 2. The van der Waals surface area contributed by atoms with Crippen LogP contribution in [0.3, 0.4) is 0 Å². The Morgan fingerprint density at radius 2 is 1.74 bits per heavy atom. The van der Waals surface area contributed by atoms with Gasteiger partial charge in [-0.3, -0.25) is 9.59 Å². The highest BCUT2D eigenvalue weighted by Crippen LogP contribution is 2.02. The first-order valence-corrected chi connectivity index (χ1v) is 5.90. The fraction of sp³-hybridized carbons (Fsp3) is 0.727. The monoisotopic (exact) mass is 276 g/mol. The molecule has 0 aliphatic heterocycles. The molecule has 0 aromatic carbocycles. The maximum absolute atomic E-state index is 11.4. The lowest BCUT2D eigenvalue weighted by atomic mass is 10.1. The van der Waals surface area contributed by atoms with E-state index in [4.69, 9.17) is 10.2 Å². The summed E-state index contributed by atoms with van der Waals surface area (Å²) in [4.78, 5) is 33.1. The summed E-state index contributed by atoms with van der Waals surface area (Å²) in [5, 5.41) is 21.9. The number of hydrogen-bond acceptors (Lipinski definition) is 6. The maximum atomic E-state index is 11.4. The smallest absolute Gasteiger partial charge is 0.328 e. The van der Waals surface area contributed by atoms with Gasteiger partial charge >= 0.3 is 5.97 Å². The maximum Gasteiger partial charge on any atom is 0.328 e. The highest BCUT2D eigenvalue weighted by molar-refractivity contribution is 5.84. The van der Waals surface area contributed by atoms with Crippen LogP contribution in [-0.2, 0) is 19.1 Å². The summed E-state index contributed by atoms with van der Waals surface area (Å²) in [6, 6.07) is -0.807. The van der Waals surface area contributed by atoms with E-state index in [2.05, 4.69) is 15.4 Å². The van der Waals surface area contributed by atoms with E-state index in [1.54, 1.807) is 0 Å². The van der Waals surface area contributed by atoms with Crippen LogP contribution in [0.15, 0.2) is 0 Å². The van der Waals surface area contributed by atoms with Crippen molar-refractivity contribution in [2.75, 3.05) is 26.9 Å². The van der Waals surface area contributed by atoms with Crippen LogP contribution in [0.2, 0.25) is 0 Å². The van der Waals surface area contributed by atoms with Crippen molar-refractivity contribution in [3.05, 3.63) is 0 Å². The summed E-state index contributed by atoms with van der Waals surface area (Å²) >= 11 is 0. The van der Waals surface area contributed by atoms with Crippen molar-refractivity contribution in [3.8, 4) is 0 Å². The predicted molar refractivity (Wildman–Crippen MR) is 65.0 cm³/mol. The molecule has 0 fully saturated rings. The largest absolute Gasteiger partial charge is 0.467 e. The molecule has 1 atom stereocenters. The van der Waals surface area contributed by atoms with Crippen molar-refractivity contribution < 1.29 is 29.3 Å². The third-order valence-corrected chi connectivity index (χ3v) is 2.35. The van der Waals surface area contributed by atoms with Crippen molar-refractivity contribution in [2.45, 2.75) is 25.3 Å². The molecular weight excluding hydrogens is 256 g/mol. The number of methoxy groups -OCH3 is 1. The second-order valence-electron chi connectivity index (χ2n) is 3.81. The van der Waals surface area contributed by atoms with E-state index in [1.165, 1.54) is 7.11 Å². The van der Waals surface area contributed by atoms with E-state index in [-0.39, 0.29) is 0 Å². The molecule has 110 valence electrons. The first kappa shape index (κ1) is 17.3. The second kappa shape index (κ2) is 10.3. The molecule has 4 N–H and O–H groups in total. The van der Waals surface area contributed by atoms with Crippen molar-refractivity contribution in [2.24, 2.45) is 0 Å². The summed E-state index contributed by atoms with van der Waals surface area (Å²) in [7, 11) is 1.21. The fourth-order valence-electron chi connectivity index (χ4n) is 1.39. The lowest BCUT2D eigenvalue weighted by Crippen LogP contribution is -2.42. The molecule has 0 saturated carbocycles. The molecule has 0 rings (SSSR count). The van der Waals surface area contributed by atoms with Gasteiger partial charge in [0.05, 0.1) is 7.11 Å². The van der Waals surface area contributed by atoms with Crippen LogP contribution in [0.4, 0.5) is 0 Å². The third kappa shape index (κ3) is 8.11. The van der Waals surface area contributed by atoms with E-state index < -0.39 is 37.0 Å². The van der Waals surface area contributed by atoms with Crippen molar-refractivity contribution >= 4 is 17.8 Å². The number of carbonyl (C=O) groups is 3. The zero-order valence-corrected chi connectivity index (χ0v) is 10.8. The lowest BCUT2D eigenvalue weighted by Gasteiger charge is -2.15. The standard InChI is InChI=1S/C11H20N2O6/c1-19-11(18)8(13-10(17)7-15)4-2-3-5-12-9(16)6-14/h8,14-15H,2-7H2,1H3,(H,12,16)(H,13,17)/t8-/m1/s1. The Bertz CT molecular complexity index is 308. The van der Waals surface area contributed by atoms with Gasteiger partial charge in [0.15, 0.2) is 0 Å². The highest BCUT2D eigenvalue weighted by atomic mass is 16.5. The SMILES string of the molecule is COC(=O)[C@@H](CCCCNC(=O)CO)NC(=O)CO. The van der Waals surface area contributed by atoms with Gasteiger partial charge in [-0.2, -0.15) is 0 Å². The number of carbonyl (C=O) groups excluding carboxylic acids is 3. The number of ether oxygens (including phenoxy) is 1. The molecule has 2 amide bonds. The molecule has 0 aromatic rings. The summed E-state index contributed by atoms with van der Waals surface area (Å²) in [5.74, 6) is -1.69. The van der Waals surface area contributed by atoms with Gasteiger partial charge in [-0.1, -0.05) is 0 Å². The molecule has 0 heterocycles. The van der Waals surface area contributed by atoms with Gasteiger partial charge in [-0.15, -0.1) is 0 Å². The van der Waals surface area contributed by atoms with Crippen LogP contribution in [-0.4, -0.2) is 60.9 Å². The molecule has 0 spiro atoms. The van der Waals surface area contributed by atoms with E-state index in [0.717, 1.165) is 0 Å². The molecule has 8 nitrogen and oxygen atoms in total. The Labute approximate surface area is 111 Å². The van der Waals surface area contributed by atoms with Gasteiger partial charge in [0.25, 0.3) is 0 Å². The normalized spacial score (nSPS) is 11.5. The van der Waals surface area contributed by atoms with Crippen molar-refractivity contribution in [1.82, 2.24) is 10.6 Å². The molecule has 0 radical (unpaired) electrons. The molecule has 0 unspecified atom stereocenters. The molecule has 0 aliphatic rings. The van der Waals surface area contributed by atoms with Gasteiger partial charge in [-0.05, 0) is 19.3 Å². The molecular formula is C11H20N2O6.